The fraction of sp³-hybridized carbons (Fsp3) is 0.562. The van der Waals surface area contributed by atoms with Crippen LogP contribution in [-0.4, -0.2) is 30.5 Å². The number of anilines is 1. The van der Waals surface area contributed by atoms with E-state index in [1.165, 1.54) is 18.4 Å². The molecule has 0 radical (unpaired) electrons. The Balaban J connectivity index is 0.000000704. The molecule has 1 N–H and O–H groups in total. The van der Waals surface area contributed by atoms with Gasteiger partial charge in [-0.15, -0.1) is 0 Å². The molecule has 1 aromatic carbocycles. The lowest BCUT2D eigenvalue weighted by molar-refractivity contribution is 0.0963. The summed E-state index contributed by atoms with van der Waals surface area (Å²) in [7, 11) is 0. The van der Waals surface area contributed by atoms with Gasteiger partial charge in [0.15, 0.2) is 0 Å². The highest BCUT2D eigenvalue weighted by atomic mass is 16.6. The van der Waals surface area contributed by atoms with Crippen molar-refractivity contribution in [1.82, 2.24) is 0 Å². The number of hydrogen-bond donors (Lipinski definition) is 1. The van der Waals surface area contributed by atoms with Gasteiger partial charge >= 0.3 is 6.09 Å². The molecule has 1 aliphatic carbocycles. The molecule has 0 aromatic heterocycles. The van der Waals surface area contributed by atoms with Gasteiger partial charge in [0.25, 0.3) is 0 Å². The first kappa shape index (κ1) is 14.9. The summed E-state index contributed by atoms with van der Waals surface area (Å²) in [6.45, 7) is 6.55. The summed E-state index contributed by atoms with van der Waals surface area (Å²) >= 11 is 0. The maximum Gasteiger partial charge on any atom is 0.414 e. The highest BCUT2D eigenvalue weighted by Crippen LogP contribution is 2.47. The van der Waals surface area contributed by atoms with Crippen molar-refractivity contribution in [2.75, 3.05) is 18.1 Å². The number of cyclic esters (lactones) is 1. The van der Waals surface area contributed by atoms with Crippen molar-refractivity contribution in [3.8, 4) is 0 Å². The van der Waals surface area contributed by atoms with E-state index in [4.69, 9.17) is 9.84 Å². The Morgan fingerprint density at radius 2 is 1.90 bits per heavy atom. The lowest BCUT2D eigenvalue weighted by Crippen LogP contribution is -2.25. The summed E-state index contributed by atoms with van der Waals surface area (Å²) < 4.78 is 5.02. The number of amides is 1. The molecule has 3 rings (SSSR count). The first-order valence-electron chi connectivity index (χ1n) is 7.32. The molecule has 1 saturated heterocycles. The summed E-state index contributed by atoms with van der Waals surface area (Å²) in [5.41, 5.74) is 2.51. The fourth-order valence-electron chi connectivity index (χ4n) is 2.35. The van der Waals surface area contributed by atoms with Crippen LogP contribution in [-0.2, 0) is 10.2 Å². The van der Waals surface area contributed by atoms with Crippen molar-refractivity contribution in [3.05, 3.63) is 29.8 Å². The van der Waals surface area contributed by atoms with Gasteiger partial charge in [-0.2, -0.15) is 0 Å². The molecule has 1 heterocycles. The molecule has 0 spiro atoms. The average molecular weight is 277 g/mol. The number of ether oxygens (including phenoxy) is 1. The first-order chi connectivity index (χ1) is 9.62. The second kappa shape index (κ2) is 5.83. The van der Waals surface area contributed by atoms with E-state index < -0.39 is 6.10 Å². The van der Waals surface area contributed by atoms with E-state index in [2.05, 4.69) is 19.1 Å². The molecule has 1 unspecified atom stereocenters. The number of benzene rings is 1. The van der Waals surface area contributed by atoms with Crippen molar-refractivity contribution in [1.29, 1.82) is 0 Å². The number of carbonyl (C=O) groups excluding carboxylic acids is 1. The molecular formula is C16H23NO3. The molecule has 4 nitrogen and oxygen atoms in total. The van der Waals surface area contributed by atoms with Crippen molar-refractivity contribution in [2.24, 2.45) is 0 Å². The molecule has 0 bridgehead atoms. The summed E-state index contributed by atoms with van der Waals surface area (Å²) in [6.07, 6.45) is 1.70. The highest BCUT2D eigenvalue weighted by molar-refractivity contribution is 5.89. The second-order valence-electron chi connectivity index (χ2n) is 5.41. The van der Waals surface area contributed by atoms with Crippen LogP contribution in [0.15, 0.2) is 24.3 Å². The minimum Gasteiger partial charge on any atom is -0.441 e. The van der Waals surface area contributed by atoms with E-state index in [1.54, 1.807) is 4.90 Å². The van der Waals surface area contributed by atoms with Crippen LogP contribution < -0.4 is 4.90 Å². The molecule has 1 amide bonds. The Bertz CT molecular complexity index is 465. The van der Waals surface area contributed by atoms with E-state index >= 15 is 0 Å². The molecule has 1 aromatic rings. The Morgan fingerprint density at radius 3 is 2.35 bits per heavy atom. The largest absolute Gasteiger partial charge is 0.441 e. The van der Waals surface area contributed by atoms with Crippen LogP contribution >= 0.6 is 0 Å². The maximum atomic E-state index is 11.6. The SMILES string of the molecule is CC.CC1(c2ccc(N3CC(CO)OC3=O)cc2)CC1. The Hall–Kier alpha value is -1.55. The van der Waals surface area contributed by atoms with Crippen LogP contribution in [0.1, 0.15) is 39.2 Å². The molecule has 2 fully saturated rings. The van der Waals surface area contributed by atoms with E-state index in [-0.39, 0.29) is 12.7 Å². The summed E-state index contributed by atoms with van der Waals surface area (Å²) in [6, 6.07) is 8.09. The van der Waals surface area contributed by atoms with Gasteiger partial charge in [-0.3, -0.25) is 4.90 Å². The molecule has 2 aliphatic rings. The smallest absolute Gasteiger partial charge is 0.414 e. The third-order valence-corrected chi connectivity index (χ3v) is 3.95. The van der Waals surface area contributed by atoms with Crippen molar-refractivity contribution < 1.29 is 14.6 Å². The first-order valence-corrected chi connectivity index (χ1v) is 7.32. The number of carbonyl (C=O) groups is 1. The van der Waals surface area contributed by atoms with E-state index in [1.807, 2.05) is 26.0 Å². The molecule has 110 valence electrons. The molecule has 1 aliphatic heterocycles. The van der Waals surface area contributed by atoms with Gasteiger partial charge in [0.2, 0.25) is 0 Å². The molecule has 1 atom stereocenters. The summed E-state index contributed by atoms with van der Waals surface area (Å²) in [5.74, 6) is 0. The fourth-order valence-corrected chi connectivity index (χ4v) is 2.35. The van der Waals surface area contributed by atoms with E-state index in [9.17, 15) is 4.79 Å². The molecule has 1 saturated carbocycles. The summed E-state index contributed by atoms with van der Waals surface area (Å²) in [4.78, 5) is 13.2. The number of nitrogens with zero attached hydrogens (tertiary/aromatic N) is 1. The summed E-state index contributed by atoms with van der Waals surface area (Å²) in [5, 5.41) is 9.00. The van der Waals surface area contributed by atoms with Gasteiger partial charge < -0.3 is 9.84 Å². The highest BCUT2D eigenvalue weighted by Gasteiger charge is 2.39. The second-order valence-corrected chi connectivity index (χ2v) is 5.41. The molecule has 20 heavy (non-hydrogen) atoms. The minimum absolute atomic E-state index is 0.127. The Morgan fingerprint density at radius 1 is 1.30 bits per heavy atom. The van der Waals surface area contributed by atoms with Crippen LogP contribution in [0.2, 0.25) is 0 Å². The van der Waals surface area contributed by atoms with E-state index in [0.29, 0.717) is 12.0 Å². The lowest BCUT2D eigenvalue weighted by Gasteiger charge is -2.15. The standard InChI is InChI=1S/C14H17NO3.C2H6/c1-14(6-7-14)10-2-4-11(5-3-10)15-8-12(9-16)18-13(15)17;1-2/h2-5,12,16H,6-9H2,1H3;1-2H3. The van der Waals surface area contributed by atoms with Gasteiger partial charge in [0, 0.05) is 5.69 Å². The topological polar surface area (TPSA) is 49.8 Å². The van der Waals surface area contributed by atoms with Gasteiger partial charge in [0.05, 0.1) is 13.2 Å². The van der Waals surface area contributed by atoms with Crippen LogP contribution in [0.4, 0.5) is 10.5 Å². The van der Waals surface area contributed by atoms with Crippen LogP contribution in [0, 0.1) is 0 Å². The quantitative estimate of drug-likeness (QED) is 0.923. The number of aliphatic hydroxyl groups is 1. The van der Waals surface area contributed by atoms with Crippen LogP contribution in [0.25, 0.3) is 0 Å². The zero-order valence-corrected chi connectivity index (χ0v) is 12.4. The predicted molar refractivity (Wildman–Crippen MR) is 79.1 cm³/mol. The Kier molecular flexibility index (Phi) is 4.33. The lowest BCUT2D eigenvalue weighted by atomic mass is 9.98. The van der Waals surface area contributed by atoms with E-state index in [0.717, 1.165) is 5.69 Å². The number of aliphatic hydroxyl groups excluding tert-OH is 1. The monoisotopic (exact) mass is 277 g/mol. The zero-order valence-electron chi connectivity index (χ0n) is 12.4. The minimum atomic E-state index is -0.405. The molecular weight excluding hydrogens is 254 g/mol. The maximum absolute atomic E-state index is 11.6. The Labute approximate surface area is 120 Å². The van der Waals surface area contributed by atoms with Crippen molar-refractivity contribution in [3.63, 3.8) is 0 Å². The number of rotatable bonds is 3. The van der Waals surface area contributed by atoms with Gasteiger partial charge in [-0.1, -0.05) is 32.9 Å². The number of hydrogen-bond acceptors (Lipinski definition) is 3. The van der Waals surface area contributed by atoms with Crippen molar-refractivity contribution in [2.45, 2.75) is 45.1 Å². The van der Waals surface area contributed by atoms with Gasteiger partial charge in [0.1, 0.15) is 6.10 Å². The van der Waals surface area contributed by atoms with Crippen molar-refractivity contribution >= 4 is 11.8 Å². The van der Waals surface area contributed by atoms with Gasteiger partial charge in [-0.25, -0.2) is 4.79 Å². The van der Waals surface area contributed by atoms with Crippen LogP contribution in [0.3, 0.4) is 0 Å². The third kappa shape index (κ3) is 2.80. The van der Waals surface area contributed by atoms with Gasteiger partial charge in [-0.05, 0) is 36.0 Å². The zero-order chi connectivity index (χ0) is 14.8. The third-order valence-electron chi connectivity index (χ3n) is 3.95. The average Bonchev–Trinajstić information content (AvgIpc) is 3.13. The predicted octanol–water partition coefficient (Wildman–Crippen LogP) is 3.08. The van der Waals surface area contributed by atoms with Crippen LogP contribution in [0.5, 0.6) is 0 Å². The normalized spacial score (nSPS) is 22.9. The molecule has 4 heteroatoms.